The van der Waals surface area contributed by atoms with Gasteiger partial charge in [-0.1, -0.05) is 50.3 Å². The van der Waals surface area contributed by atoms with Gasteiger partial charge in [0.2, 0.25) is 5.91 Å². The number of ketones is 1. The maximum absolute atomic E-state index is 14.1. The zero-order chi connectivity index (χ0) is 23.6. The lowest BCUT2D eigenvalue weighted by atomic mass is 9.47. The fourth-order valence-electron chi connectivity index (χ4n) is 7.94. The van der Waals surface area contributed by atoms with E-state index in [0.717, 1.165) is 32.1 Å². The largest absolute Gasteiger partial charge is 0.402 e. The van der Waals surface area contributed by atoms with E-state index in [1.165, 1.54) is 12.1 Å². The maximum atomic E-state index is 14.1. The Balaban J connectivity index is 1.43. The van der Waals surface area contributed by atoms with Crippen molar-refractivity contribution >= 4 is 11.7 Å². The van der Waals surface area contributed by atoms with E-state index in [-0.39, 0.29) is 28.8 Å². The van der Waals surface area contributed by atoms with Crippen LogP contribution < -0.4 is 5.32 Å². The highest BCUT2D eigenvalue weighted by atomic mass is 19.4. The van der Waals surface area contributed by atoms with Gasteiger partial charge in [0.25, 0.3) is 0 Å². The number of hydrogen-bond donors (Lipinski definition) is 1. The number of piperidine rings is 1. The number of alkyl halides is 3. The smallest absolute Gasteiger partial charge is 0.353 e. The minimum atomic E-state index is -4.63. The molecule has 1 aromatic rings. The Morgan fingerprint density at radius 3 is 2.48 bits per heavy atom. The number of nitrogens with one attached hydrogen (secondary N) is 1. The Labute approximate surface area is 193 Å². The molecule has 7 atom stereocenters. The predicted molar refractivity (Wildman–Crippen MR) is 119 cm³/mol. The monoisotopic (exact) mass is 459 g/mol. The van der Waals surface area contributed by atoms with Crippen LogP contribution in [0.3, 0.4) is 0 Å². The summed E-state index contributed by atoms with van der Waals surface area (Å²) in [6.45, 7) is 4.32. The van der Waals surface area contributed by atoms with E-state index >= 15 is 0 Å². The fourth-order valence-corrected chi connectivity index (χ4v) is 7.94. The summed E-state index contributed by atoms with van der Waals surface area (Å²) in [7, 11) is 0. The molecule has 5 rings (SSSR count). The highest BCUT2D eigenvalue weighted by Gasteiger charge is 2.60. The predicted octanol–water partition coefficient (Wildman–Crippen LogP) is 5.96. The van der Waals surface area contributed by atoms with Gasteiger partial charge in [-0.15, -0.1) is 0 Å². The molecule has 178 valence electrons. The summed E-state index contributed by atoms with van der Waals surface area (Å²) in [5, 5.41) is 3.21. The molecule has 3 aliphatic carbocycles. The van der Waals surface area contributed by atoms with Gasteiger partial charge in [0.1, 0.15) is 5.92 Å². The highest BCUT2D eigenvalue weighted by molar-refractivity contribution is 6.02. The molecule has 0 spiro atoms. The molecule has 1 heterocycles. The van der Waals surface area contributed by atoms with E-state index in [9.17, 15) is 22.8 Å². The van der Waals surface area contributed by atoms with Gasteiger partial charge in [0.15, 0.2) is 5.78 Å². The molecule has 1 amide bonds. The molecule has 1 aromatic carbocycles. The van der Waals surface area contributed by atoms with Gasteiger partial charge < -0.3 is 5.32 Å². The molecule has 3 nitrogen and oxygen atoms in total. The lowest BCUT2D eigenvalue weighted by molar-refractivity contribution is -0.162. The highest BCUT2D eigenvalue weighted by Crippen LogP contribution is 2.64. The third-order valence-corrected chi connectivity index (χ3v) is 9.66. The Bertz CT molecular complexity index is 987. The topological polar surface area (TPSA) is 46.2 Å². The zero-order valence-corrected chi connectivity index (χ0v) is 19.3. The average molecular weight is 460 g/mol. The molecule has 1 aliphatic heterocycles. The van der Waals surface area contributed by atoms with Crippen molar-refractivity contribution in [1.29, 1.82) is 0 Å². The van der Waals surface area contributed by atoms with Gasteiger partial charge >= 0.3 is 6.18 Å². The van der Waals surface area contributed by atoms with Gasteiger partial charge in [-0.2, -0.15) is 13.2 Å². The second kappa shape index (κ2) is 7.71. The van der Waals surface area contributed by atoms with Crippen molar-refractivity contribution in [3.05, 3.63) is 47.5 Å². The number of halogens is 3. The number of benzene rings is 1. The first-order chi connectivity index (χ1) is 15.6. The molecule has 3 fully saturated rings. The van der Waals surface area contributed by atoms with Gasteiger partial charge in [0.05, 0.1) is 0 Å². The van der Waals surface area contributed by atoms with E-state index in [0.29, 0.717) is 30.3 Å². The molecule has 0 bridgehead atoms. The first-order valence-electron chi connectivity index (χ1n) is 12.2. The van der Waals surface area contributed by atoms with E-state index in [1.54, 1.807) is 18.2 Å². The molecule has 1 N–H and O–H groups in total. The third-order valence-electron chi connectivity index (χ3n) is 9.66. The van der Waals surface area contributed by atoms with Crippen LogP contribution in [0, 0.1) is 28.6 Å². The summed E-state index contributed by atoms with van der Waals surface area (Å²) in [4.78, 5) is 25.5. The van der Waals surface area contributed by atoms with Crippen molar-refractivity contribution < 1.29 is 22.8 Å². The van der Waals surface area contributed by atoms with Gasteiger partial charge in [0, 0.05) is 12.5 Å². The average Bonchev–Trinajstić information content (AvgIpc) is 3.11. The molecule has 6 heteroatoms. The van der Waals surface area contributed by atoms with E-state index in [2.05, 4.69) is 12.2 Å². The van der Waals surface area contributed by atoms with Gasteiger partial charge in [-0.3, -0.25) is 9.59 Å². The van der Waals surface area contributed by atoms with Gasteiger partial charge in [-0.05, 0) is 78.2 Å². The fraction of sp³-hybridized carbons (Fsp3) is 0.630. The Morgan fingerprint density at radius 1 is 1.06 bits per heavy atom. The van der Waals surface area contributed by atoms with Crippen LogP contribution in [-0.2, 0) is 9.59 Å². The van der Waals surface area contributed by atoms with E-state index < -0.39 is 23.3 Å². The van der Waals surface area contributed by atoms with Crippen LogP contribution in [0.15, 0.2) is 42.0 Å². The van der Waals surface area contributed by atoms with Gasteiger partial charge in [-0.25, -0.2) is 0 Å². The number of carbonyl (C=O) groups is 2. The van der Waals surface area contributed by atoms with Crippen LogP contribution >= 0.6 is 0 Å². The maximum Gasteiger partial charge on any atom is 0.402 e. The number of fused-ring (bicyclic) bond motifs is 5. The van der Waals surface area contributed by atoms with Crippen molar-refractivity contribution in [3.63, 3.8) is 0 Å². The van der Waals surface area contributed by atoms with Crippen molar-refractivity contribution in [2.75, 3.05) is 0 Å². The van der Waals surface area contributed by atoms with Crippen LogP contribution in [0.4, 0.5) is 13.2 Å². The summed E-state index contributed by atoms with van der Waals surface area (Å²) >= 11 is 0. The number of carbonyl (C=O) groups excluding carboxylic acids is 2. The summed E-state index contributed by atoms with van der Waals surface area (Å²) in [6, 6.07) is 7.78. The Morgan fingerprint density at radius 2 is 1.79 bits per heavy atom. The summed E-state index contributed by atoms with van der Waals surface area (Å²) < 4.78 is 42.3. The minimum absolute atomic E-state index is 0.0163. The minimum Gasteiger partial charge on any atom is -0.353 e. The first kappa shape index (κ1) is 22.7. The molecular weight excluding hydrogens is 427 g/mol. The van der Waals surface area contributed by atoms with Crippen LogP contribution in [0.5, 0.6) is 0 Å². The summed E-state index contributed by atoms with van der Waals surface area (Å²) in [5.74, 6) is -1.75. The summed E-state index contributed by atoms with van der Waals surface area (Å²) in [6.07, 6.45) is 2.79. The molecule has 0 unspecified atom stereocenters. The second-order valence-electron chi connectivity index (χ2n) is 11.1. The second-order valence-corrected chi connectivity index (χ2v) is 11.1. The molecule has 0 radical (unpaired) electrons. The lowest BCUT2D eigenvalue weighted by Crippen LogP contribution is -2.61. The quantitative estimate of drug-likeness (QED) is 0.606. The zero-order valence-electron chi connectivity index (χ0n) is 19.3. The first-order valence-corrected chi connectivity index (χ1v) is 12.2. The molecule has 2 saturated carbocycles. The van der Waals surface area contributed by atoms with Crippen LogP contribution in [0.2, 0.25) is 0 Å². The van der Waals surface area contributed by atoms with Crippen molar-refractivity contribution in [2.24, 2.45) is 28.6 Å². The van der Waals surface area contributed by atoms with E-state index in [4.69, 9.17) is 0 Å². The van der Waals surface area contributed by atoms with Crippen LogP contribution in [0.25, 0.3) is 0 Å². The Kier molecular flexibility index (Phi) is 5.30. The molecule has 1 saturated heterocycles. The normalized spacial score (nSPS) is 38.9. The third kappa shape index (κ3) is 3.47. The molecular formula is C27H32F3NO2. The number of Topliss-reactive ketones (excluding diaryl/α,β-unsaturated/α-hetero) is 1. The van der Waals surface area contributed by atoms with E-state index in [1.807, 2.05) is 13.0 Å². The molecule has 33 heavy (non-hydrogen) atoms. The van der Waals surface area contributed by atoms with Crippen molar-refractivity contribution in [3.8, 4) is 0 Å². The standard InChI is InChI=1S/C27H32F3NO2/c1-25-14-12-19-17(8-11-21-26(19,2)15-13-22(32)31-21)18(25)9-10-20(25)24(33)23(27(28,29)30)16-6-4-3-5-7-16/h3-7,10,17-19,21,23H,8-9,11-15H2,1-2H3,(H,31,32)/t17-,18-,19-,21+,23+,25-,26+/m0/s1. The van der Waals surface area contributed by atoms with Crippen LogP contribution in [0.1, 0.15) is 70.3 Å². The van der Waals surface area contributed by atoms with Crippen molar-refractivity contribution in [2.45, 2.75) is 76.9 Å². The SMILES string of the molecule is C[C@]12CCC(=O)N[C@@H]1CC[C@@H]1[C@@H]2CC[C@]2(C)C(C(=O)[C@@H](c3ccccc3)C(F)(F)F)=CC[C@@H]12. The molecule has 4 aliphatic rings. The van der Waals surface area contributed by atoms with Crippen molar-refractivity contribution in [1.82, 2.24) is 5.32 Å². The number of allylic oxidation sites excluding steroid dienone is 2. The lowest BCUT2D eigenvalue weighted by Gasteiger charge is -2.60. The summed E-state index contributed by atoms with van der Waals surface area (Å²) in [5.41, 5.74) is -0.0786. The number of hydrogen-bond acceptors (Lipinski definition) is 2. The van der Waals surface area contributed by atoms with Crippen LogP contribution in [-0.4, -0.2) is 23.9 Å². The number of amides is 1. The molecule has 0 aromatic heterocycles. The Hall–Kier alpha value is -2.11. The number of rotatable bonds is 3.